The van der Waals surface area contributed by atoms with E-state index in [0.29, 0.717) is 12.8 Å². The molecule has 1 aromatic heterocycles. The number of halogens is 2. The average Bonchev–Trinajstić information content (AvgIpc) is 2.84. The van der Waals surface area contributed by atoms with Crippen LogP contribution in [0.4, 0.5) is 5.69 Å². The first-order valence-corrected chi connectivity index (χ1v) is 6.50. The third kappa shape index (κ3) is 3.54. The standard InChI is InChI=1S/C11H13Cl2N3O2/c12-10-9(11(13)15-6-14-10)16-8(17)4-3-7-2-1-5-18-7/h6-7H,1-5H2,(H,16,17). The van der Waals surface area contributed by atoms with Gasteiger partial charge >= 0.3 is 0 Å². The lowest BCUT2D eigenvalue weighted by atomic mass is 10.1. The van der Waals surface area contributed by atoms with Crippen LogP contribution in [0.1, 0.15) is 25.7 Å². The van der Waals surface area contributed by atoms with E-state index in [2.05, 4.69) is 15.3 Å². The van der Waals surface area contributed by atoms with Gasteiger partial charge in [0.25, 0.3) is 0 Å². The topological polar surface area (TPSA) is 64.1 Å². The lowest BCUT2D eigenvalue weighted by Gasteiger charge is -2.10. The summed E-state index contributed by atoms with van der Waals surface area (Å²) in [5.41, 5.74) is 0.262. The second-order valence-corrected chi connectivity index (χ2v) is 4.77. The normalized spacial score (nSPS) is 18.9. The van der Waals surface area contributed by atoms with E-state index in [1.807, 2.05) is 0 Å². The summed E-state index contributed by atoms with van der Waals surface area (Å²) in [6.45, 7) is 0.788. The summed E-state index contributed by atoms with van der Waals surface area (Å²) in [6.07, 6.45) is 4.58. The smallest absolute Gasteiger partial charge is 0.224 e. The third-order valence-electron chi connectivity index (χ3n) is 2.74. The number of aromatic nitrogens is 2. The summed E-state index contributed by atoms with van der Waals surface area (Å²) in [5, 5.41) is 2.90. The molecule has 0 radical (unpaired) electrons. The van der Waals surface area contributed by atoms with Gasteiger partial charge in [-0.3, -0.25) is 4.79 Å². The van der Waals surface area contributed by atoms with Crippen LogP contribution in [-0.2, 0) is 9.53 Å². The van der Waals surface area contributed by atoms with Crippen LogP contribution in [-0.4, -0.2) is 28.6 Å². The Morgan fingerprint density at radius 2 is 2.17 bits per heavy atom. The number of rotatable bonds is 4. The van der Waals surface area contributed by atoms with Crippen LogP contribution in [0, 0.1) is 0 Å². The molecule has 7 heteroatoms. The molecular weight excluding hydrogens is 277 g/mol. The fourth-order valence-corrected chi connectivity index (χ4v) is 2.22. The summed E-state index contributed by atoms with van der Waals surface area (Å²) in [4.78, 5) is 19.3. The largest absolute Gasteiger partial charge is 0.378 e. The molecule has 1 N–H and O–H groups in total. The molecule has 1 aliphatic rings. The summed E-state index contributed by atoms with van der Waals surface area (Å²) < 4.78 is 5.44. The molecule has 98 valence electrons. The number of ether oxygens (including phenoxy) is 1. The van der Waals surface area contributed by atoms with E-state index in [0.717, 1.165) is 19.4 Å². The van der Waals surface area contributed by atoms with Gasteiger partial charge in [0.15, 0.2) is 10.3 Å². The number of carbonyl (C=O) groups is 1. The number of hydrogen-bond acceptors (Lipinski definition) is 4. The molecule has 2 rings (SSSR count). The molecule has 1 aromatic rings. The molecule has 1 aliphatic heterocycles. The van der Waals surface area contributed by atoms with Crippen molar-refractivity contribution in [2.75, 3.05) is 11.9 Å². The average molecular weight is 290 g/mol. The molecule has 0 aliphatic carbocycles. The van der Waals surface area contributed by atoms with Crippen molar-refractivity contribution in [1.82, 2.24) is 9.97 Å². The number of carbonyl (C=O) groups excluding carboxylic acids is 1. The Kier molecular flexibility index (Phi) is 4.74. The Hall–Kier alpha value is -0.910. The van der Waals surface area contributed by atoms with Crippen molar-refractivity contribution in [1.29, 1.82) is 0 Å². The van der Waals surface area contributed by atoms with Gasteiger partial charge in [0.2, 0.25) is 5.91 Å². The van der Waals surface area contributed by atoms with Crippen molar-refractivity contribution in [2.24, 2.45) is 0 Å². The van der Waals surface area contributed by atoms with Crippen LogP contribution in [0.2, 0.25) is 10.3 Å². The van der Waals surface area contributed by atoms with E-state index >= 15 is 0 Å². The quantitative estimate of drug-likeness (QED) is 0.866. The molecule has 1 amide bonds. The number of nitrogens with one attached hydrogen (secondary N) is 1. The molecule has 5 nitrogen and oxygen atoms in total. The Bertz CT molecular complexity index is 416. The van der Waals surface area contributed by atoms with Crippen molar-refractivity contribution in [3.63, 3.8) is 0 Å². The molecule has 2 heterocycles. The van der Waals surface area contributed by atoms with Crippen LogP contribution in [0.3, 0.4) is 0 Å². The van der Waals surface area contributed by atoms with Crippen LogP contribution in [0.25, 0.3) is 0 Å². The zero-order valence-electron chi connectivity index (χ0n) is 9.66. The predicted octanol–water partition coefficient (Wildman–Crippen LogP) is 2.68. The molecule has 1 unspecified atom stereocenters. The number of anilines is 1. The highest BCUT2D eigenvalue weighted by Gasteiger charge is 2.18. The molecule has 0 bridgehead atoms. The van der Waals surface area contributed by atoms with E-state index in [-0.39, 0.29) is 28.0 Å². The summed E-state index contributed by atoms with van der Waals surface area (Å²) in [7, 11) is 0. The minimum absolute atomic E-state index is 0.139. The number of nitrogens with zero attached hydrogens (tertiary/aromatic N) is 2. The van der Waals surface area contributed by atoms with Crippen LogP contribution in [0.5, 0.6) is 0 Å². The highest BCUT2D eigenvalue weighted by Crippen LogP contribution is 2.26. The first-order valence-electron chi connectivity index (χ1n) is 5.74. The zero-order valence-corrected chi connectivity index (χ0v) is 11.2. The zero-order chi connectivity index (χ0) is 13.0. The molecule has 1 fully saturated rings. The van der Waals surface area contributed by atoms with E-state index in [4.69, 9.17) is 27.9 Å². The van der Waals surface area contributed by atoms with E-state index in [9.17, 15) is 4.79 Å². The fourth-order valence-electron chi connectivity index (χ4n) is 1.81. The summed E-state index contributed by atoms with van der Waals surface area (Å²) >= 11 is 11.7. The lowest BCUT2D eigenvalue weighted by molar-refractivity contribution is -0.116. The van der Waals surface area contributed by atoms with Crippen molar-refractivity contribution in [3.05, 3.63) is 16.6 Å². The summed E-state index contributed by atoms with van der Waals surface area (Å²) in [6, 6.07) is 0. The molecular formula is C11H13Cl2N3O2. The maximum atomic E-state index is 11.7. The van der Waals surface area contributed by atoms with Gasteiger partial charge < -0.3 is 10.1 Å². The molecule has 18 heavy (non-hydrogen) atoms. The molecule has 1 saturated heterocycles. The van der Waals surface area contributed by atoms with Gasteiger partial charge in [-0.2, -0.15) is 0 Å². The minimum Gasteiger partial charge on any atom is -0.378 e. The Balaban J connectivity index is 1.86. The van der Waals surface area contributed by atoms with Gasteiger partial charge in [0.1, 0.15) is 12.0 Å². The Morgan fingerprint density at radius 1 is 1.44 bits per heavy atom. The molecule has 0 spiro atoms. The Morgan fingerprint density at radius 3 is 2.78 bits per heavy atom. The maximum Gasteiger partial charge on any atom is 0.224 e. The van der Waals surface area contributed by atoms with Crippen molar-refractivity contribution >= 4 is 34.8 Å². The number of hydrogen-bond donors (Lipinski definition) is 1. The van der Waals surface area contributed by atoms with E-state index in [1.54, 1.807) is 0 Å². The van der Waals surface area contributed by atoms with Crippen LogP contribution in [0.15, 0.2) is 6.33 Å². The fraction of sp³-hybridized carbons (Fsp3) is 0.545. The van der Waals surface area contributed by atoms with Crippen molar-refractivity contribution in [2.45, 2.75) is 31.8 Å². The second kappa shape index (κ2) is 6.31. The van der Waals surface area contributed by atoms with Crippen LogP contribution < -0.4 is 5.32 Å². The van der Waals surface area contributed by atoms with Gasteiger partial charge in [0, 0.05) is 13.0 Å². The van der Waals surface area contributed by atoms with Crippen molar-refractivity contribution < 1.29 is 9.53 Å². The van der Waals surface area contributed by atoms with Crippen molar-refractivity contribution in [3.8, 4) is 0 Å². The lowest BCUT2D eigenvalue weighted by Crippen LogP contribution is -2.16. The highest BCUT2D eigenvalue weighted by atomic mass is 35.5. The van der Waals surface area contributed by atoms with Gasteiger partial charge in [-0.05, 0) is 19.3 Å². The van der Waals surface area contributed by atoms with E-state index in [1.165, 1.54) is 6.33 Å². The van der Waals surface area contributed by atoms with Gasteiger partial charge in [-0.1, -0.05) is 23.2 Å². The second-order valence-electron chi connectivity index (χ2n) is 4.05. The van der Waals surface area contributed by atoms with E-state index < -0.39 is 0 Å². The molecule has 1 atom stereocenters. The maximum absolute atomic E-state index is 11.7. The highest BCUT2D eigenvalue weighted by molar-refractivity contribution is 6.38. The van der Waals surface area contributed by atoms with Gasteiger partial charge in [-0.15, -0.1) is 0 Å². The SMILES string of the molecule is O=C(CCC1CCCO1)Nc1c(Cl)ncnc1Cl. The predicted molar refractivity (Wildman–Crippen MR) is 68.9 cm³/mol. The first-order chi connectivity index (χ1) is 8.66. The Labute approximate surface area is 115 Å². The van der Waals surface area contributed by atoms with Gasteiger partial charge in [0.05, 0.1) is 6.10 Å². The van der Waals surface area contributed by atoms with Crippen LogP contribution >= 0.6 is 23.2 Å². The number of amides is 1. The summed E-state index contributed by atoms with van der Waals surface area (Å²) in [5.74, 6) is -0.163. The first kappa shape index (κ1) is 13.5. The molecule has 0 saturated carbocycles. The monoisotopic (exact) mass is 289 g/mol. The minimum atomic E-state index is -0.163. The molecule has 0 aromatic carbocycles. The van der Waals surface area contributed by atoms with Gasteiger partial charge in [-0.25, -0.2) is 9.97 Å². The third-order valence-corrected chi connectivity index (χ3v) is 3.31.